The number of nitrogens with one attached hydrogen (secondary N) is 1. The minimum Gasteiger partial charge on any atom is -0.381 e. The minimum absolute atomic E-state index is 0.0226. The summed E-state index contributed by atoms with van der Waals surface area (Å²) in [6.45, 7) is -0.576. The quantitative estimate of drug-likeness (QED) is 0.853. The van der Waals surface area contributed by atoms with E-state index in [1.54, 1.807) is 30.2 Å². The maximum absolute atomic E-state index is 14.1. The molecule has 1 aromatic heterocycles. The van der Waals surface area contributed by atoms with Crippen molar-refractivity contribution in [3.8, 4) is 0 Å². The summed E-state index contributed by atoms with van der Waals surface area (Å²) in [5.41, 5.74) is 0.866. The SMILES string of the molecule is CO[C@H]1CC[C@H](N(Cc2ccccc2F)C(=O)c2cc(CF)n[nH]2)CC1. The van der Waals surface area contributed by atoms with Crippen molar-refractivity contribution in [3.05, 3.63) is 53.1 Å². The van der Waals surface area contributed by atoms with Crippen LogP contribution in [0.5, 0.6) is 0 Å². The zero-order valence-corrected chi connectivity index (χ0v) is 14.8. The highest BCUT2D eigenvalue weighted by atomic mass is 19.1. The van der Waals surface area contributed by atoms with E-state index in [0.717, 1.165) is 25.7 Å². The van der Waals surface area contributed by atoms with E-state index in [9.17, 15) is 13.6 Å². The largest absolute Gasteiger partial charge is 0.381 e. The molecule has 7 heteroatoms. The second-order valence-electron chi connectivity index (χ2n) is 6.60. The minimum atomic E-state index is -0.740. The van der Waals surface area contributed by atoms with Gasteiger partial charge in [-0.25, -0.2) is 8.78 Å². The van der Waals surface area contributed by atoms with E-state index in [1.165, 1.54) is 12.1 Å². The van der Waals surface area contributed by atoms with Crippen LogP contribution in [0.3, 0.4) is 0 Å². The van der Waals surface area contributed by atoms with Crippen molar-refractivity contribution in [2.24, 2.45) is 0 Å². The number of aromatic amines is 1. The molecular weight excluding hydrogens is 340 g/mol. The number of hydrogen-bond acceptors (Lipinski definition) is 3. The van der Waals surface area contributed by atoms with E-state index < -0.39 is 6.67 Å². The number of methoxy groups -OCH3 is 1. The second kappa shape index (κ2) is 8.40. The molecule has 3 rings (SSSR count). The summed E-state index contributed by atoms with van der Waals surface area (Å²) in [6, 6.07) is 7.83. The number of aromatic nitrogens is 2. The molecule has 1 aliphatic carbocycles. The number of alkyl halides is 1. The van der Waals surface area contributed by atoms with E-state index in [4.69, 9.17) is 4.74 Å². The first-order valence-corrected chi connectivity index (χ1v) is 8.79. The molecule has 1 N–H and O–H groups in total. The number of halogens is 2. The summed E-state index contributed by atoms with van der Waals surface area (Å²) in [5.74, 6) is -0.633. The van der Waals surface area contributed by atoms with E-state index in [1.807, 2.05) is 0 Å². The van der Waals surface area contributed by atoms with E-state index >= 15 is 0 Å². The maximum atomic E-state index is 14.1. The number of ether oxygens (including phenoxy) is 1. The average Bonchev–Trinajstić information content (AvgIpc) is 3.16. The van der Waals surface area contributed by atoms with Gasteiger partial charge in [-0.2, -0.15) is 5.10 Å². The molecule has 1 aromatic carbocycles. The molecule has 1 heterocycles. The normalized spacial score (nSPS) is 20.1. The third-order valence-corrected chi connectivity index (χ3v) is 4.98. The molecular formula is C19H23F2N3O2. The Morgan fingerprint density at radius 3 is 2.65 bits per heavy atom. The van der Waals surface area contributed by atoms with Crippen molar-refractivity contribution in [1.82, 2.24) is 15.1 Å². The van der Waals surface area contributed by atoms with Crippen LogP contribution in [0.1, 0.15) is 47.4 Å². The third kappa shape index (κ3) is 4.09. The summed E-state index contributed by atoms with van der Waals surface area (Å²) in [5, 5.41) is 6.39. The Labute approximate surface area is 151 Å². The number of benzene rings is 1. The van der Waals surface area contributed by atoms with Crippen LogP contribution in [0.25, 0.3) is 0 Å². The lowest BCUT2D eigenvalue weighted by molar-refractivity contribution is 0.0308. The molecule has 5 nitrogen and oxygen atoms in total. The first kappa shape index (κ1) is 18.5. The van der Waals surface area contributed by atoms with E-state index in [0.29, 0.717) is 5.56 Å². The summed E-state index contributed by atoms with van der Waals surface area (Å²) >= 11 is 0. The van der Waals surface area contributed by atoms with Crippen LogP contribution < -0.4 is 0 Å². The molecule has 1 fully saturated rings. The number of amides is 1. The first-order chi connectivity index (χ1) is 12.6. The number of hydrogen-bond donors (Lipinski definition) is 1. The zero-order valence-electron chi connectivity index (χ0n) is 14.8. The van der Waals surface area contributed by atoms with Gasteiger partial charge in [-0.15, -0.1) is 0 Å². The average molecular weight is 363 g/mol. The molecule has 26 heavy (non-hydrogen) atoms. The van der Waals surface area contributed by atoms with Crippen LogP contribution >= 0.6 is 0 Å². The van der Waals surface area contributed by atoms with Crippen molar-refractivity contribution >= 4 is 5.91 Å². The lowest BCUT2D eigenvalue weighted by Crippen LogP contribution is -2.43. The topological polar surface area (TPSA) is 58.2 Å². The number of rotatable bonds is 6. The Balaban J connectivity index is 1.83. The summed E-state index contributed by atoms with van der Waals surface area (Å²) in [6.07, 6.45) is 3.45. The summed E-state index contributed by atoms with van der Waals surface area (Å²) < 4.78 is 32.3. The Morgan fingerprint density at radius 1 is 1.31 bits per heavy atom. The summed E-state index contributed by atoms with van der Waals surface area (Å²) in [7, 11) is 1.69. The van der Waals surface area contributed by atoms with Gasteiger partial charge in [0, 0.05) is 25.3 Å². The van der Waals surface area contributed by atoms with Crippen LogP contribution in [0.2, 0.25) is 0 Å². The van der Waals surface area contributed by atoms with Gasteiger partial charge >= 0.3 is 0 Å². The molecule has 0 radical (unpaired) electrons. The Kier molecular flexibility index (Phi) is 5.98. The molecule has 0 unspecified atom stereocenters. The fourth-order valence-electron chi connectivity index (χ4n) is 3.47. The molecule has 0 aliphatic heterocycles. The number of carbonyl (C=O) groups is 1. The highest BCUT2D eigenvalue weighted by molar-refractivity contribution is 5.92. The third-order valence-electron chi connectivity index (χ3n) is 4.98. The van der Waals surface area contributed by atoms with Crippen molar-refractivity contribution in [2.45, 2.75) is 51.0 Å². The van der Waals surface area contributed by atoms with Crippen LogP contribution in [0, 0.1) is 5.82 Å². The van der Waals surface area contributed by atoms with E-state index in [2.05, 4.69) is 10.2 Å². The lowest BCUT2D eigenvalue weighted by atomic mass is 9.91. The fraction of sp³-hybridized carbons (Fsp3) is 0.474. The predicted octanol–water partition coefficient (Wildman–Crippen LogP) is 3.62. The molecule has 1 saturated carbocycles. The molecule has 1 aliphatic rings. The molecule has 0 spiro atoms. The van der Waals surface area contributed by atoms with Crippen molar-refractivity contribution in [3.63, 3.8) is 0 Å². The highest BCUT2D eigenvalue weighted by Gasteiger charge is 2.30. The number of carbonyl (C=O) groups excluding carboxylic acids is 1. The number of H-pyrrole nitrogens is 1. The van der Waals surface area contributed by atoms with Gasteiger partial charge in [-0.3, -0.25) is 9.89 Å². The molecule has 2 aromatic rings. The van der Waals surface area contributed by atoms with Gasteiger partial charge in [0.05, 0.1) is 11.8 Å². The van der Waals surface area contributed by atoms with E-state index in [-0.39, 0.29) is 41.8 Å². The Bertz CT molecular complexity index is 742. The smallest absolute Gasteiger partial charge is 0.272 e. The van der Waals surface area contributed by atoms with Crippen molar-refractivity contribution in [1.29, 1.82) is 0 Å². The van der Waals surface area contributed by atoms with Gasteiger partial charge < -0.3 is 9.64 Å². The predicted molar refractivity (Wildman–Crippen MR) is 92.7 cm³/mol. The monoisotopic (exact) mass is 363 g/mol. The van der Waals surface area contributed by atoms with Gasteiger partial charge in [0.25, 0.3) is 5.91 Å². The van der Waals surface area contributed by atoms with Crippen LogP contribution in [-0.4, -0.2) is 40.3 Å². The second-order valence-corrected chi connectivity index (χ2v) is 6.60. The lowest BCUT2D eigenvalue weighted by Gasteiger charge is -2.36. The first-order valence-electron chi connectivity index (χ1n) is 8.79. The van der Waals surface area contributed by atoms with Gasteiger partial charge in [0.2, 0.25) is 0 Å². The van der Waals surface area contributed by atoms with Crippen molar-refractivity contribution < 1.29 is 18.3 Å². The molecule has 1 amide bonds. The summed E-state index contributed by atoms with van der Waals surface area (Å²) in [4.78, 5) is 14.7. The molecule has 0 bridgehead atoms. The van der Waals surface area contributed by atoms with Crippen LogP contribution in [0.4, 0.5) is 8.78 Å². The zero-order chi connectivity index (χ0) is 18.5. The molecule has 0 atom stereocenters. The molecule has 140 valence electrons. The van der Waals surface area contributed by atoms with Gasteiger partial charge in [0.1, 0.15) is 18.2 Å². The van der Waals surface area contributed by atoms with Gasteiger partial charge in [-0.1, -0.05) is 18.2 Å². The Hall–Kier alpha value is -2.28. The number of nitrogens with zero attached hydrogens (tertiary/aromatic N) is 2. The maximum Gasteiger partial charge on any atom is 0.272 e. The highest BCUT2D eigenvalue weighted by Crippen LogP contribution is 2.27. The molecule has 0 saturated heterocycles. The van der Waals surface area contributed by atoms with Crippen molar-refractivity contribution in [2.75, 3.05) is 7.11 Å². The standard InChI is InChI=1S/C19H23F2N3O2/c1-26-16-8-6-15(7-9-16)24(12-13-4-2-3-5-17(13)21)19(25)18-10-14(11-20)22-23-18/h2-5,10,15-16H,6-9,11-12H2,1H3,(H,22,23)/t15-,16-. The fourth-order valence-corrected chi connectivity index (χ4v) is 3.47. The van der Waals surface area contributed by atoms with Gasteiger partial charge in [0.15, 0.2) is 0 Å². The van der Waals surface area contributed by atoms with Gasteiger partial charge in [-0.05, 0) is 37.8 Å². The van der Waals surface area contributed by atoms with Crippen LogP contribution in [-0.2, 0) is 18.0 Å². The Morgan fingerprint density at radius 2 is 2.04 bits per heavy atom. The van der Waals surface area contributed by atoms with Crippen LogP contribution in [0.15, 0.2) is 30.3 Å².